The summed E-state index contributed by atoms with van der Waals surface area (Å²) in [6, 6.07) is 0. The zero-order valence-corrected chi connectivity index (χ0v) is 12.8. The third-order valence-corrected chi connectivity index (χ3v) is 5.18. The average molecular weight is 280 g/mol. The average Bonchev–Trinajstić information content (AvgIpc) is 2.37. The van der Waals surface area contributed by atoms with Crippen molar-refractivity contribution in [2.75, 3.05) is 6.61 Å². The van der Waals surface area contributed by atoms with E-state index in [0.717, 1.165) is 12.8 Å². The van der Waals surface area contributed by atoms with Gasteiger partial charge in [-0.15, -0.1) is 6.58 Å². The molecule has 0 N–H and O–H groups in total. The van der Waals surface area contributed by atoms with E-state index in [1.54, 1.807) is 6.08 Å². The van der Waals surface area contributed by atoms with Crippen LogP contribution in [0.4, 0.5) is 0 Å². The molecule has 2 fully saturated rings. The first-order valence-electron chi connectivity index (χ1n) is 7.29. The summed E-state index contributed by atoms with van der Waals surface area (Å²) in [6.45, 7) is 12.6. The predicted molar refractivity (Wildman–Crippen MR) is 74.9 cm³/mol. The molecule has 4 rings (SSSR count). The van der Waals surface area contributed by atoms with Gasteiger partial charge < -0.3 is 9.47 Å². The molecule has 20 heavy (non-hydrogen) atoms. The standard InChI is InChI=1S/C16H24O4/c1-6-11-17-12-7-8-13(2,3)16-10-9-14(4,19-20-16)18-15(12,16)5/h6,9-10,12H,1,7-8,11H2,2-5H3/t12?,14-,15+,16-/m1/s1. The second-order valence-electron chi connectivity index (χ2n) is 6.99. The van der Waals surface area contributed by atoms with Crippen LogP contribution in [0.25, 0.3) is 0 Å². The molecule has 0 aromatic heterocycles. The van der Waals surface area contributed by atoms with Crippen molar-refractivity contribution in [1.29, 1.82) is 0 Å². The molecule has 0 radical (unpaired) electrons. The number of fused-ring (bicyclic) bond motifs is 1. The smallest absolute Gasteiger partial charge is 0.218 e. The molecule has 0 aromatic rings. The quantitative estimate of drug-likeness (QED) is 0.588. The van der Waals surface area contributed by atoms with Crippen molar-refractivity contribution in [3.63, 3.8) is 0 Å². The topological polar surface area (TPSA) is 36.9 Å². The van der Waals surface area contributed by atoms with Gasteiger partial charge in [-0.05, 0) is 38.8 Å². The van der Waals surface area contributed by atoms with Crippen LogP contribution in [0.3, 0.4) is 0 Å². The highest BCUT2D eigenvalue weighted by Crippen LogP contribution is 2.60. The molecule has 0 aromatic carbocycles. The maximum absolute atomic E-state index is 6.31. The minimum atomic E-state index is -0.834. The maximum Gasteiger partial charge on any atom is 0.218 e. The molecule has 4 atom stereocenters. The SMILES string of the molecule is C=CCOC1CCC(C)(C)[C@@]23C=C[C@@](C)(OO2)O[C@@]13C. The van der Waals surface area contributed by atoms with Crippen molar-refractivity contribution in [2.45, 2.75) is 63.6 Å². The molecule has 1 saturated heterocycles. The molecule has 112 valence electrons. The van der Waals surface area contributed by atoms with E-state index in [1.165, 1.54) is 0 Å². The van der Waals surface area contributed by atoms with E-state index in [4.69, 9.17) is 19.2 Å². The number of hydrogen-bond acceptors (Lipinski definition) is 4. The third kappa shape index (κ3) is 1.62. The van der Waals surface area contributed by atoms with E-state index in [1.807, 2.05) is 13.0 Å². The van der Waals surface area contributed by atoms with Gasteiger partial charge in [0.25, 0.3) is 0 Å². The lowest BCUT2D eigenvalue weighted by atomic mass is 9.56. The third-order valence-electron chi connectivity index (χ3n) is 5.18. The summed E-state index contributed by atoms with van der Waals surface area (Å²) in [7, 11) is 0. The summed E-state index contributed by atoms with van der Waals surface area (Å²) >= 11 is 0. The minimum Gasteiger partial charge on any atom is -0.371 e. The van der Waals surface area contributed by atoms with Gasteiger partial charge in [0.2, 0.25) is 5.79 Å². The summed E-state index contributed by atoms with van der Waals surface area (Å²) < 4.78 is 12.3. The Morgan fingerprint density at radius 3 is 2.60 bits per heavy atom. The molecule has 1 unspecified atom stereocenters. The van der Waals surface area contributed by atoms with E-state index in [0.29, 0.717) is 6.61 Å². The van der Waals surface area contributed by atoms with Crippen LogP contribution >= 0.6 is 0 Å². The summed E-state index contributed by atoms with van der Waals surface area (Å²) in [5, 5.41) is 0. The van der Waals surface area contributed by atoms with Crippen LogP contribution in [0.5, 0.6) is 0 Å². The summed E-state index contributed by atoms with van der Waals surface area (Å²) in [6.07, 6.45) is 7.72. The highest BCUT2D eigenvalue weighted by Gasteiger charge is 2.71. The lowest BCUT2D eigenvalue weighted by Gasteiger charge is -2.65. The van der Waals surface area contributed by atoms with Crippen LogP contribution in [0.2, 0.25) is 0 Å². The second kappa shape index (κ2) is 4.17. The van der Waals surface area contributed by atoms with Crippen molar-refractivity contribution in [1.82, 2.24) is 0 Å². The van der Waals surface area contributed by atoms with Gasteiger partial charge in [0.05, 0.1) is 12.7 Å². The first-order valence-corrected chi connectivity index (χ1v) is 7.29. The Morgan fingerprint density at radius 1 is 1.25 bits per heavy atom. The fourth-order valence-electron chi connectivity index (χ4n) is 3.96. The summed E-state index contributed by atoms with van der Waals surface area (Å²) in [5.74, 6) is -0.834. The van der Waals surface area contributed by atoms with Crippen LogP contribution in [0.15, 0.2) is 24.8 Å². The molecule has 1 aliphatic carbocycles. The lowest BCUT2D eigenvalue weighted by molar-refractivity contribution is -0.556. The summed E-state index contributed by atoms with van der Waals surface area (Å²) in [5.41, 5.74) is -1.28. The van der Waals surface area contributed by atoms with E-state index in [2.05, 4.69) is 33.4 Å². The van der Waals surface area contributed by atoms with Crippen molar-refractivity contribution < 1.29 is 19.2 Å². The molecule has 3 heterocycles. The monoisotopic (exact) mass is 280 g/mol. The van der Waals surface area contributed by atoms with Gasteiger partial charge in [-0.3, -0.25) is 0 Å². The number of rotatable bonds is 3. The Balaban J connectivity index is 2.05. The van der Waals surface area contributed by atoms with Crippen LogP contribution in [-0.4, -0.2) is 29.7 Å². The summed E-state index contributed by atoms with van der Waals surface area (Å²) in [4.78, 5) is 11.4. The van der Waals surface area contributed by atoms with Gasteiger partial charge >= 0.3 is 0 Å². The molecular formula is C16H24O4. The predicted octanol–water partition coefficient (Wildman–Crippen LogP) is 3.14. The molecule has 4 heteroatoms. The highest BCUT2D eigenvalue weighted by molar-refractivity contribution is 5.29. The Bertz CT molecular complexity index is 457. The van der Waals surface area contributed by atoms with Crippen molar-refractivity contribution in [3.8, 4) is 0 Å². The molecule has 0 amide bonds. The fourth-order valence-corrected chi connectivity index (χ4v) is 3.96. The van der Waals surface area contributed by atoms with Gasteiger partial charge in [-0.25, -0.2) is 4.89 Å². The van der Waals surface area contributed by atoms with E-state index < -0.39 is 17.0 Å². The molecule has 1 saturated carbocycles. The van der Waals surface area contributed by atoms with E-state index in [9.17, 15) is 0 Å². The van der Waals surface area contributed by atoms with Gasteiger partial charge in [-0.2, -0.15) is 4.89 Å². The molecule has 4 nitrogen and oxygen atoms in total. The van der Waals surface area contributed by atoms with Gasteiger partial charge in [-0.1, -0.05) is 19.9 Å². The zero-order chi connectivity index (χ0) is 14.6. The maximum atomic E-state index is 6.31. The molecule has 4 aliphatic rings. The first-order chi connectivity index (χ1) is 9.29. The molecule has 2 bridgehead atoms. The Hall–Kier alpha value is -0.680. The molecule has 1 spiro atoms. The van der Waals surface area contributed by atoms with E-state index in [-0.39, 0.29) is 11.5 Å². The number of ether oxygens (including phenoxy) is 2. The zero-order valence-electron chi connectivity index (χ0n) is 12.8. The first kappa shape index (κ1) is 14.3. The van der Waals surface area contributed by atoms with Gasteiger partial charge in [0.15, 0.2) is 5.60 Å². The van der Waals surface area contributed by atoms with Crippen molar-refractivity contribution in [2.24, 2.45) is 5.41 Å². The van der Waals surface area contributed by atoms with Gasteiger partial charge in [0.1, 0.15) is 5.60 Å². The Morgan fingerprint density at radius 2 is 2.00 bits per heavy atom. The molecular weight excluding hydrogens is 256 g/mol. The number of hydrogen-bond donors (Lipinski definition) is 0. The minimum absolute atomic E-state index is 0.0401. The second-order valence-corrected chi connectivity index (χ2v) is 6.99. The van der Waals surface area contributed by atoms with Crippen LogP contribution in [0.1, 0.15) is 40.5 Å². The van der Waals surface area contributed by atoms with Crippen molar-refractivity contribution in [3.05, 3.63) is 24.8 Å². The fraction of sp³-hybridized carbons (Fsp3) is 0.750. The molecule has 3 aliphatic heterocycles. The van der Waals surface area contributed by atoms with Crippen LogP contribution in [0, 0.1) is 5.41 Å². The van der Waals surface area contributed by atoms with Crippen LogP contribution in [-0.2, 0) is 19.2 Å². The Labute approximate surface area is 120 Å². The Kier molecular flexibility index (Phi) is 2.97. The normalized spacial score (nSPS) is 48.9. The highest BCUT2D eigenvalue weighted by atomic mass is 17.3. The van der Waals surface area contributed by atoms with E-state index >= 15 is 0 Å². The lowest BCUT2D eigenvalue weighted by Crippen LogP contribution is -2.77. The van der Waals surface area contributed by atoms with Crippen molar-refractivity contribution >= 4 is 0 Å². The largest absolute Gasteiger partial charge is 0.371 e. The van der Waals surface area contributed by atoms with Crippen LogP contribution < -0.4 is 0 Å². The van der Waals surface area contributed by atoms with Gasteiger partial charge in [0, 0.05) is 5.41 Å².